The average Bonchev–Trinajstić information content (AvgIpc) is 3.32. The maximum atomic E-state index is 12.2. The number of hydrogen-bond acceptors (Lipinski definition) is 5. The molecule has 1 aliphatic heterocycles. The monoisotopic (exact) mass is 534 g/mol. The second-order valence-electron chi connectivity index (χ2n) is 8.55. The first-order valence-electron chi connectivity index (χ1n) is 11.9. The first kappa shape index (κ1) is 29.4. The lowest BCUT2D eigenvalue weighted by Crippen LogP contribution is -2.47. The number of methoxy groups -OCH3 is 1. The van der Waals surface area contributed by atoms with E-state index in [1.807, 2.05) is 66.3 Å². The number of aryl methyl sites for hydroxylation is 1. The van der Waals surface area contributed by atoms with Gasteiger partial charge in [0.15, 0.2) is 0 Å². The van der Waals surface area contributed by atoms with Gasteiger partial charge in [0, 0.05) is 46.0 Å². The molecule has 0 bridgehead atoms. The summed E-state index contributed by atoms with van der Waals surface area (Å²) in [5.41, 5.74) is 2.95. The van der Waals surface area contributed by atoms with E-state index in [4.69, 9.17) is 9.47 Å². The fraction of sp³-hybridized carbons (Fsp3) is 0.370. The van der Waals surface area contributed by atoms with Crippen LogP contribution in [0.3, 0.4) is 0 Å². The molecule has 36 heavy (non-hydrogen) atoms. The molecule has 1 N–H and O–H groups in total. The highest BCUT2D eigenvalue weighted by atomic mass is 35.5. The van der Waals surface area contributed by atoms with Gasteiger partial charge < -0.3 is 24.3 Å². The average molecular weight is 536 g/mol. The Labute approximate surface area is 226 Å². The number of anilines is 1. The lowest BCUT2D eigenvalue weighted by atomic mass is 10.2. The first-order valence-corrected chi connectivity index (χ1v) is 11.9. The van der Waals surface area contributed by atoms with E-state index in [1.54, 1.807) is 7.11 Å². The van der Waals surface area contributed by atoms with Gasteiger partial charge in [-0.1, -0.05) is 24.3 Å². The first-order chi connectivity index (χ1) is 16.6. The summed E-state index contributed by atoms with van der Waals surface area (Å²) in [5.74, 6) is 1.75. The van der Waals surface area contributed by atoms with Crippen LogP contribution < -0.4 is 19.7 Å². The standard InChI is InChI=1S/C27H34N4O3.2ClH/c1-29-15-5-8-25(29)27(32)28-14-6-16-30-17-19-31(20-18-30)24-7-3-4-9-26(24)34-21-22-10-12-23(33-2)13-11-22;;/h3-5,7-13,15H,6,14,16-21H2,1-2H3,(H,28,32);2*1H. The number of halogens is 2. The summed E-state index contributed by atoms with van der Waals surface area (Å²) in [5, 5.41) is 3.02. The Bertz CT molecular complexity index is 1070. The van der Waals surface area contributed by atoms with Crippen LogP contribution in [0.2, 0.25) is 0 Å². The molecule has 0 saturated carbocycles. The Morgan fingerprint density at radius 3 is 2.33 bits per heavy atom. The van der Waals surface area contributed by atoms with Crippen molar-refractivity contribution < 1.29 is 14.3 Å². The minimum atomic E-state index is -0.0106. The topological polar surface area (TPSA) is 59.0 Å². The third-order valence-corrected chi connectivity index (χ3v) is 6.24. The second-order valence-corrected chi connectivity index (χ2v) is 8.55. The van der Waals surface area contributed by atoms with Crippen molar-refractivity contribution in [2.24, 2.45) is 7.05 Å². The van der Waals surface area contributed by atoms with Gasteiger partial charge >= 0.3 is 0 Å². The zero-order chi connectivity index (χ0) is 23.8. The Kier molecular flexibility index (Phi) is 11.9. The van der Waals surface area contributed by atoms with Crippen molar-refractivity contribution in [2.75, 3.05) is 51.3 Å². The van der Waals surface area contributed by atoms with Crippen molar-refractivity contribution in [3.63, 3.8) is 0 Å². The SMILES string of the molecule is COc1ccc(COc2ccccc2N2CCN(CCCNC(=O)c3cccn3C)CC2)cc1.Cl.Cl. The molecule has 9 heteroatoms. The lowest BCUT2D eigenvalue weighted by molar-refractivity contribution is 0.0943. The fourth-order valence-electron chi connectivity index (χ4n) is 4.23. The van der Waals surface area contributed by atoms with E-state index in [9.17, 15) is 4.79 Å². The van der Waals surface area contributed by atoms with Crippen molar-refractivity contribution in [3.05, 3.63) is 78.1 Å². The second kappa shape index (κ2) is 14.6. The molecule has 0 spiro atoms. The molecule has 3 aromatic rings. The van der Waals surface area contributed by atoms with Crippen molar-refractivity contribution in [1.82, 2.24) is 14.8 Å². The predicted octanol–water partition coefficient (Wildman–Crippen LogP) is 4.40. The van der Waals surface area contributed by atoms with Gasteiger partial charge in [-0.05, 0) is 54.9 Å². The van der Waals surface area contributed by atoms with E-state index in [0.29, 0.717) is 18.8 Å². The molecule has 7 nitrogen and oxygen atoms in total. The molecule has 4 rings (SSSR count). The van der Waals surface area contributed by atoms with Crippen LogP contribution >= 0.6 is 24.8 Å². The maximum Gasteiger partial charge on any atom is 0.267 e. The van der Waals surface area contributed by atoms with E-state index in [0.717, 1.165) is 61.9 Å². The Balaban J connectivity index is 0.00000228. The van der Waals surface area contributed by atoms with Crippen LogP contribution in [0.25, 0.3) is 0 Å². The number of ether oxygens (including phenoxy) is 2. The van der Waals surface area contributed by atoms with Gasteiger partial charge in [-0.15, -0.1) is 24.8 Å². The van der Waals surface area contributed by atoms with Gasteiger partial charge in [0.2, 0.25) is 0 Å². The number of aromatic nitrogens is 1. The summed E-state index contributed by atoms with van der Waals surface area (Å²) in [6, 6.07) is 20.0. The van der Waals surface area contributed by atoms with E-state index < -0.39 is 0 Å². The maximum absolute atomic E-state index is 12.2. The molecule has 1 fully saturated rings. The molecule has 2 heterocycles. The zero-order valence-corrected chi connectivity index (χ0v) is 22.5. The van der Waals surface area contributed by atoms with Crippen molar-refractivity contribution in [1.29, 1.82) is 0 Å². The van der Waals surface area contributed by atoms with Gasteiger partial charge in [0.25, 0.3) is 5.91 Å². The number of nitrogens with zero attached hydrogens (tertiary/aromatic N) is 3. The highest BCUT2D eigenvalue weighted by molar-refractivity contribution is 5.92. The number of carbonyl (C=O) groups is 1. The minimum absolute atomic E-state index is 0. The number of hydrogen-bond donors (Lipinski definition) is 1. The molecule has 1 aromatic heterocycles. The summed E-state index contributed by atoms with van der Waals surface area (Å²) in [6.07, 6.45) is 2.83. The normalized spacial score (nSPS) is 13.3. The Morgan fingerprint density at radius 2 is 1.67 bits per heavy atom. The van der Waals surface area contributed by atoms with Gasteiger partial charge in [-0.3, -0.25) is 9.69 Å². The third-order valence-electron chi connectivity index (χ3n) is 6.24. The smallest absolute Gasteiger partial charge is 0.267 e. The number of carbonyl (C=O) groups excluding carboxylic acids is 1. The third kappa shape index (κ3) is 7.82. The van der Waals surface area contributed by atoms with Gasteiger partial charge in [-0.2, -0.15) is 0 Å². The Morgan fingerprint density at radius 1 is 0.944 bits per heavy atom. The number of piperazine rings is 1. The van der Waals surface area contributed by atoms with Crippen LogP contribution in [-0.4, -0.2) is 61.8 Å². The van der Waals surface area contributed by atoms with Crippen LogP contribution in [0.4, 0.5) is 5.69 Å². The number of amides is 1. The zero-order valence-electron chi connectivity index (χ0n) is 20.9. The highest BCUT2D eigenvalue weighted by Crippen LogP contribution is 2.29. The Hall–Kier alpha value is -2.87. The molecule has 2 aromatic carbocycles. The van der Waals surface area contributed by atoms with Crippen LogP contribution in [0.15, 0.2) is 66.9 Å². The number of rotatable bonds is 10. The van der Waals surface area contributed by atoms with E-state index in [2.05, 4.69) is 27.2 Å². The predicted molar refractivity (Wildman–Crippen MR) is 149 cm³/mol. The highest BCUT2D eigenvalue weighted by Gasteiger charge is 2.19. The van der Waals surface area contributed by atoms with Crippen LogP contribution in [0.1, 0.15) is 22.5 Å². The summed E-state index contributed by atoms with van der Waals surface area (Å²) < 4.78 is 13.2. The summed E-state index contributed by atoms with van der Waals surface area (Å²) in [4.78, 5) is 17.1. The van der Waals surface area contributed by atoms with E-state index >= 15 is 0 Å². The van der Waals surface area contributed by atoms with Crippen molar-refractivity contribution in [2.45, 2.75) is 13.0 Å². The van der Waals surface area contributed by atoms with Gasteiger partial charge in [0.1, 0.15) is 23.8 Å². The molecule has 0 aliphatic carbocycles. The molecular formula is C27H36Cl2N4O3. The molecule has 196 valence electrons. The van der Waals surface area contributed by atoms with Gasteiger partial charge in [0.05, 0.1) is 12.8 Å². The number of benzene rings is 2. The number of para-hydroxylation sites is 2. The summed E-state index contributed by atoms with van der Waals surface area (Å²) in [7, 11) is 3.56. The molecule has 1 aliphatic rings. The van der Waals surface area contributed by atoms with Crippen LogP contribution in [0, 0.1) is 0 Å². The van der Waals surface area contributed by atoms with Gasteiger partial charge in [-0.25, -0.2) is 0 Å². The lowest BCUT2D eigenvalue weighted by Gasteiger charge is -2.36. The van der Waals surface area contributed by atoms with Crippen molar-refractivity contribution in [3.8, 4) is 11.5 Å². The van der Waals surface area contributed by atoms with E-state index in [-0.39, 0.29) is 30.7 Å². The molecule has 1 saturated heterocycles. The number of nitrogens with one attached hydrogen (secondary N) is 1. The minimum Gasteiger partial charge on any atom is -0.497 e. The fourth-order valence-corrected chi connectivity index (χ4v) is 4.23. The molecule has 0 radical (unpaired) electrons. The quantitative estimate of drug-likeness (QED) is 0.390. The van der Waals surface area contributed by atoms with Crippen LogP contribution in [0.5, 0.6) is 11.5 Å². The molecular weight excluding hydrogens is 499 g/mol. The molecule has 0 unspecified atom stereocenters. The summed E-state index contributed by atoms with van der Waals surface area (Å²) in [6.45, 7) is 6.10. The summed E-state index contributed by atoms with van der Waals surface area (Å²) >= 11 is 0. The largest absolute Gasteiger partial charge is 0.497 e. The molecule has 0 atom stereocenters. The van der Waals surface area contributed by atoms with E-state index in [1.165, 1.54) is 0 Å². The van der Waals surface area contributed by atoms with Crippen molar-refractivity contribution >= 4 is 36.4 Å². The van der Waals surface area contributed by atoms with Crippen LogP contribution in [-0.2, 0) is 13.7 Å². The molecule has 1 amide bonds.